The third kappa shape index (κ3) is 4.60. The summed E-state index contributed by atoms with van der Waals surface area (Å²) in [6.07, 6.45) is 0.553. The second kappa shape index (κ2) is 7.81. The van der Waals surface area contributed by atoms with Crippen LogP contribution in [0.5, 0.6) is 0 Å². The molecule has 120 valence electrons. The van der Waals surface area contributed by atoms with Crippen LogP contribution in [-0.4, -0.2) is 61.4 Å². The van der Waals surface area contributed by atoms with Gasteiger partial charge in [0.25, 0.3) is 0 Å². The number of likely N-dealkylation sites (N-methyl/N-ethyl adjacent to an activating group) is 1. The fourth-order valence-electron chi connectivity index (χ4n) is 2.26. The number of hydrogen-bond acceptors (Lipinski definition) is 3. The predicted molar refractivity (Wildman–Crippen MR) is 87.3 cm³/mol. The highest BCUT2D eigenvalue weighted by atomic mass is 35.5. The zero-order chi connectivity index (χ0) is 16.1. The van der Waals surface area contributed by atoms with Gasteiger partial charge in [0.2, 0.25) is 0 Å². The number of piperazine rings is 1. The summed E-state index contributed by atoms with van der Waals surface area (Å²) in [7, 11) is 2.00. The quantitative estimate of drug-likeness (QED) is 0.844. The highest BCUT2D eigenvalue weighted by molar-refractivity contribution is 6.35. The van der Waals surface area contributed by atoms with E-state index in [2.05, 4.69) is 10.2 Å². The van der Waals surface area contributed by atoms with Crippen LogP contribution in [0, 0.1) is 0 Å². The van der Waals surface area contributed by atoms with E-state index in [1.54, 1.807) is 17.0 Å². The molecule has 0 radical (unpaired) electrons. The van der Waals surface area contributed by atoms with Crippen LogP contribution in [0.1, 0.15) is 5.56 Å². The van der Waals surface area contributed by atoms with Crippen molar-refractivity contribution in [2.75, 3.05) is 39.8 Å². The average Bonchev–Trinajstić information content (AvgIpc) is 2.49. The van der Waals surface area contributed by atoms with Gasteiger partial charge in [-0.15, -0.1) is 0 Å². The normalized spacial score (nSPS) is 15.7. The van der Waals surface area contributed by atoms with E-state index in [9.17, 15) is 9.59 Å². The van der Waals surface area contributed by atoms with E-state index in [4.69, 9.17) is 23.2 Å². The largest absolute Gasteiger partial charge is 0.347 e. The minimum atomic E-state index is -0.561. The maximum absolute atomic E-state index is 12.0. The van der Waals surface area contributed by atoms with Gasteiger partial charge < -0.3 is 15.1 Å². The Balaban J connectivity index is 1.78. The molecule has 2 amide bonds. The van der Waals surface area contributed by atoms with E-state index >= 15 is 0 Å². The summed E-state index contributed by atoms with van der Waals surface area (Å²) in [5.74, 6) is -1.02. The second-order valence-corrected chi connectivity index (χ2v) is 6.18. The predicted octanol–water partition coefficient (Wildman–Crippen LogP) is 1.43. The molecule has 0 saturated carbocycles. The van der Waals surface area contributed by atoms with E-state index in [-0.39, 0.29) is 0 Å². The monoisotopic (exact) mass is 343 g/mol. The lowest BCUT2D eigenvalue weighted by atomic mass is 10.1. The Morgan fingerprint density at radius 2 is 1.86 bits per heavy atom. The summed E-state index contributed by atoms with van der Waals surface area (Å²) in [5, 5.41) is 3.78. The minimum absolute atomic E-state index is 0.361. The molecule has 0 atom stereocenters. The van der Waals surface area contributed by atoms with Gasteiger partial charge in [-0.05, 0) is 31.2 Å². The molecule has 1 aromatic rings. The van der Waals surface area contributed by atoms with Crippen molar-refractivity contribution in [1.29, 1.82) is 0 Å². The summed E-state index contributed by atoms with van der Waals surface area (Å²) in [6.45, 7) is 3.12. The van der Waals surface area contributed by atoms with Gasteiger partial charge in [-0.2, -0.15) is 0 Å². The van der Waals surface area contributed by atoms with Crippen LogP contribution in [0.4, 0.5) is 0 Å². The van der Waals surface area contributed by atoms with Crippen LogP contribution in [0.2, 0.25) is 10.0 Å². The van der Waals surface area contributed by atoms with Gasteiger partial charge in [0.1, 0.15) is 0 Å². The molecular weight excluding hydrogens is 325 g/mol. The fraction of sp³-hybridized carbons (Fsp3) is 0.467. The van der Waals surface area contributed by atoms with Crippen molar-refractivity contribution in [2.24, 2.45) is 0 Å². The molecule has 0 spiro atoms. The first-order chi connectivity index (χ1) is 10.5. The Bertz CT molecular complexity index is 558. The number of nitrogens with one attached hydrogen (secondary N) is 1. The number of carbonyl (C=O) groups excluding carboxylic acids is 2. The lowest BCUT2D eigenvalue weighted by Gasteiger charge is -2.31. The Kier molecular flexibility index (Phi) is 6.06. The van der Waals surface area contributed by atoms with E-state index in [1.165, 1.54) is 0 Å². The number of rotatable bonds is 3. The van der Waals surface area contributed by atoms with E-state index < -0.39 is 11.8 Å². The Morgan fingerprint density at radius 1 is 1.18 bits per heavy atom. The first-order valence-corrected chi connectivity index (χ1v) is 7.92. The van der Waals surface area contributed by atoms with E-state index in [1.807, 2.05) is 13.1 Å². The Hall–Kier alpha value is -1.30. The zero-order valence-electron chi connectivity index (χ0n) is 12.4. The van der Waals surface area contributed by atoms with E-state index in [0.717, 1.165) is 18.7 Å². The molecule has 2 rings (SSSR count). The van der Waals surface area contributed by atoms with Gasteiger partial charge in [-0.1, -0.05) is 29.3 Å². The van der Waals surface area contributed by atoms with Crippen molar-refractivity contribution in [2.45, 2.75) is 6.42 Å². The number of hydrogen-bond donors (Lipinski definition) is 1. The molecule has 5 nitrogen and oxygen atoms in total. The lowest BCUT2D eigenvalue weighted by molar-refractivity contribution is -0.146. The topological polar surface area (TPSA) is 52.7 Å². The van der Waals surface area contributed by atoms with Gasteiger partial charge in [-0.3, -0.25) is 9.59 Å². The standard InChI is InChI=1S/C15H19Cl2N3O2/c1-19-6-8-20(9-7-19)15(22)14(21)18-5-4-11-2-3-12(16)10-13(11)17/h2-3,10H,4-9H2,1H3,(H,18,21). The molecular formula is C15H19Cl2N3O2. The van der Waals surface area contributed by atoms with Crippen LogP contribution in [0.3, 0.4) is 0 Å². The van der Waals surface area contributed by atoms with Crippen LogP contribution in [0.15, 0.2) is 18.2 Å². The molecule has 0 bridgehead atoms. The maximum Gasteiger partial charge on any atom is 0.311 e. The summed E-state index contributed by atoms with van der Waals surface area (Å²) in [5.41, 5.74) is 0.887. The molecule has 1 aromatic carbocycles. The van der Waals surface area contributed by atoms with Gasteiger partial charge >= 0.3 is 11.8 Å². The first-order valence-electron chi connectivity index (χ1n) is 7.17. The molecule has 0 aromatic heterocycles. The van der Waals surface area contributed by atoms with Gasteiger partial charge in [-0.25, -0.2) is 0 Å². The minimum Gasteiger partial charge on any atom is -0.347 e. The Morgan fingerprint density at radius 3 is 2.50 bits per heavy atom. The molecule has 1 N–H and O–H groups in total. The van der Waals surface area contributed by atoms with Crippen molar-refractivity contribution in [3.8, 4) is 0 Å². The smallest absolute Gasteiger partial charge is 0.311 e. The highest BCUT2D eigenvalue weighted by Crippen LogP contribution is 2.21. The summed E-state index contributed by atoms with van der Waals surface area (Å²) >= 11 is 11.9. The zero-order valence-corrected chi connectivity index (χ0v) is 14.0. The number of nitrogens with zero attached hydrogens (tertiary/aromatic N) is 2. The van der Waals surface area contributed by atoms with Crippen molar-refractivity contribution in [3.05, 3.63) is 33.8 Å². The van der Waals surface area contributed by atoms with Crippen LogP contribution >= 0.6 is 23.2 Å². The lowest BCUT2D eigenvalue weighted by Crippen LogP contribution is -2.51. The molecule has 22 heavy (non-hydrogen) atoms. The van der Waals surface area contributed by atoms with Crippen LogP contribution in [-0.2, 0) is 16.0 Å². The summed E-state index contributed by atoms with van der Waals surface area (Å²) in [6, 6.07) is 5.23. The molecule has 7 heteroatoms. The van der Waals surface area contributed by atoms with E-state index in [0.29, 0.717) is 36.1 Å². The third-order valence-electron chi connectivity index (χ3n) is 3.68. The second-order valence-electron chi connectivity index (χ2n) is 5.34. The Labute approximate surface area is 140 Å². The first kappa shape index (κ1) is 17.1. The number of benzene rings is 1. The van der Waals surface area contributed by atoms with Crippen molar-refractivity contribution < 1.29 is 9.59 Å². The molecule has 1 heterocycles. The van der Waals surface area contributed by atoms with Crippen molar-refractivity contribution in [1.82, 2.24) is 15.1 Å². The molecule has 1 aliphatic rings. The SMILES string of the molecule is CN1CCN(C(=O)C(=O)NCCc2ccc(Cl)cc2Cl)CC1. The number of halogens is 2. The molecule has 0 aliphatic carbocycles. The maximum atomic E-state index is 12.0. The highest BCUT2D eigenvalue weighted by Gasteiger charge is 2.24. The fourth-order valence-corrected chi connectivity index (χ4v) is 2.77. The number of carbonyl (C=O) groups is 2. The number of amides is 2. The van der Waals surface area contributed by atoms with Gasteiger partial charge in [0, 0.05) is 42.8 Å². The third-order valence-corrected chi connectivity index (χ3v) is 4.27. The van der Waals surface area contributed by atoms with Crippen LogP contribution < -0.4 is 5.32 Å². The van der Waals surface area contributed by atoms with Gasteiger partial charge in [0.15, 0.2) is 0 Å². The summed E-state index contributed by atoms with van der Waals surface area (Å²) in [4.78, 5) is 27.6. The van der Waals surface area contributed by atoms with Gasteiger partial charge in [0.05, 0.1) is 0 Å². The molecule has 0 unspecified atom stereocenters. The molecule has 1 saturated heterocycles. The van der Waals surface area contributed by atoms with Crippen molar-refractivity contribution >= 4 is 35.0 Å². The van der Waals surface area contributed by atoms with Crippen LogP contribution in [0.25, 0.3) is 0 Å². The molecule has 1 aliphatic heterocycles. The van der Waals surface area contributed by atoms with Crippen molar-refractivity contribution in [3.63, 3.8) is 0 Å². The average molecular weight is 344 g/mol. The molecule has 1 fully saturated rings. The summed E-state index contributed by atoms with van der Waals surface area (Å²) < 4.78 is 0.